The maximum Gasteiger partial charge on any atom is 0.410 e. The highest BCUT2D eigenvalue weighted by Crippen LogP contribution is 2.42. The van der Waals surface area contributed by atoms with Gasteiger partial charge in [-0.25, -0.2) is 14.8 Å². The number of amides is 1. The lowest BCUT2D eigenvalue weighted by Crippen LogP contribution is -2.26. The zero-order valence-corrected chi connectivity index (χ0v) is 19.1. The molecule has 2 aromatic rings. The van der Waals surface area contributed by atoms with Gasteiger partial charge >= 0.3 is 6.09 Å². The number of hydrogen-bond donors (Lipinski definition) is 1. The first-order valence-corrected chi connectivity index (χ1v) is 10.5. The van der Waals surface area contributed by atoms with E-state index >= 15 is 0 Å². The lowest BCUT2D eigenvalue weighted by molar-refractivity contribution is 0.106. The van der Waals surface area contributed by atoms with Crippen LogP contribution in [-0.2, 0) is 17.8 Å². The van der Waals surface area contributed by atoms with Gasteiger partial charge in [0.05, 0.1) is 48.2 Å². The molecular formula is C20H24Cl2N6O3. The van der Waals surface area contributed by atoms with E-state index in [2.05, 4.69) is 15.1 Å². The van der Waals surface area contributed by atoms with Crippen molar-refractivity contribution in [3.05, 3.63) is 33.4 Å². The van der Waals surface area contributed by atoms with Crippen molar-refractivity contribution in [3.63, 3.8) is 0 Å². The smallest absolute Gasteiger partial charge is 0.410 e. The number of aromatic nitrogens is 2. The van der Waals surface area contributed by atoms with Gasteiger partial charge in [0.25, 0.3) is 0 Å². The maximum atomic E-state index is 12.2. The molecule has 1 amide bonds. The number of benzene rings is 1. The molecule has 2 N–H and O–H groups in total. The van der Waals surface area contributed by atoms with Crippen LogP contribution in [0.2, 0.25) is 10.0 Å². The van der Waals surface area contributed by atoms with E-state index in [0.29, 0.717) is 45.9 Å². The molecule has 9 nitrogen and oxygen atoms in total. The molecule has 2 heterocycles. The predicted molar refractivity (Wildman–Crippen MR) is 120 cm³/mol. The average molecular weight is 467 g/mol. The van der Waals surface area contributed by atoms with Gasteiger partial charge in [0.2, 0.25) is 5.95 Å². The van der Waals surface area contributed by atoms with E-state index < -0.39 is 6.09 Å². The highest BCUT2D eigenvalue weighted by Gasteiger charge is 2.31. The molecular weight excluding hydrogens is 443 g/mol. The number of nitrogen functional groups attached to an aromatic ring is 1. The highest BCUT2D eigenvalue weighted by atomic mass is 35.5. The van der Waals surface area contributed by atoms with Crippen molar-refractivity contribution in [2.24, 2.45) is 5.10 Å². The Kier molecular flexibility index (Phi) is 7.40. The SMILES string of the molecule is C/C=N\N(C)CCOc1cc(Cl)cc(Cl)c1-c1nc(N)nc2c1CN(C(=O)OCC)C2. The van der Waals surface area contributed by atoms with E-state index in [1.54, 1.807) is 30.3 Å². The Morgan fingerprint density at radius 2 is 2.13 bits per heavy atom. The number of nitrogens with two attached hydrogens (primary N) is 1. The maximum absolute atomic E-state index is 12.2. The van der Waals surface area contributed by atoms with Gasteiger partial charge < -0.3 is 15.2 Å². The predicted octanol–water partition coefficient (Wildman–Crippen LogP) is 3.82. The third-order valence-electron chi connectivity index (χ3n) is 4.57. The molecule has 0 spiro atoms. The molecule has 1 aromatic heterocycles. The first kappa shape index (κ1) is 22.9. The summed E-state index contributed by atoms with van der Waals surface area (Å²) in [6.45, 7) is 5.31. The highest BCUT2D eigenvalue weighted by molar-refractivity contribution is 6.37. The molecule has 0 atom stereocenters. The third-order valence-corrected chi connectivity index (χ3v) is 5.08. The van der Waals surface area contributed by atoms with Crippen LogP contribution in [0.4, 0.5) is 10.7 Å². The van der Waals surface area contributed by atoms with E-state index in [4.69, 9.17) is 38.4 Å². The summed E-state index contributed by atoms with van der Waals surface area (Å²) in [4.78, 5) is 22.5. The number of nitrogens with zero attached hydrogens (tertiary/aromatic N) is 5. The minimum Gasteiger partial charge on any atom is -0.491 e. The molecule has 31 heavy (non-hydrogen) atoms. The van der Waals surface area contributed by atoms with Gasteiger partial charge in [-0.1, -0.05) is 23.2 Å². The number of ether oxygens (including phenoxy) is 2. The number of hydrogen-bond acceptors (Lipinski definition) is 8. The first-order chi connectivity index (χ1) is 14.8. The van der Waals surface area contributed by atoms with Crippen LogP contribution in [0.5, 0.6) is 5.75 Å². The second kappa shape index (κ2) is 10.0. The Bertz CT molecular complexity index is 1000. The van der Waals surface area contributed by atoms with Crippen LogP contribution in [-0.4, -0.2) is 59.0 Å². The van der Waals surface area contributed by atoms with Crippen LogP contribution in [0, 0.1) is 0 Å². The summed E-state index contributed by atoms with van der Waals surface area (Å²) < 4.78 is 11.1. The van der Waals surface area contributed by atoms with E-state index in [0.717, 1.165) is 5.56 Å². The van der Waals surface area contributed by atoms with Crippen LogP contribution in [0.25, 0.3) is 11.3 Å². The molecule has 0 saturated carbocycles. The Hall–Kier alpha value is -2.78. The van der Waals surface area contributed by atoms with Gasteiger partial charge in [-0.2, -0.15) is 5.10 Å². The van der Waals surface area contributed by atoms with E-state index in [1.807, 2.05) is 14.0 Å². The minimum atomic E-state index is -0.428. The molecule has 0 radical (unpaired) electrons. The van der Waals surface area contributed by atoms with Gasteiger partial charge in [-0.3, -0.25) is 9.91 Å². The van der Waals surface area contributed by atoms with Crippen LogP contribution in [0.1, 0.15) is 25.1 Å². The minimum absolute atomic E-state index is 0.0773. The van der Waals surface area contributed by atoms with Crippen molar-refractivity contribution < 1.29 is 14.3 Å². The molecule has 0 unspecified atom stereocenters. The summed E-state index contributed by atoms with van der Waals surface area (Å²) in [7, 11) is 1.84. The molecule has 1 aliphatic heterocycles. The monoisotopic (exact) mass is 466 g/mol. The molecule has 3 rings (SSSR count). The number of carbonyl (C=O) groups is 1. The number of fused-ring (bicyclic) bond motifs is 1. The summed E-state index contributed by atoms with van der Waals surface area (Å²) in [5.74, 6) is 0.537. The third kappa shape index (κ3) is 5.29. The number of halogens is 2. The number of hydrazone groups is 1. The summed E-state index contributed by atoms with van der Waals surface area (Å²) in [5.41, 5.74) is 8.40. The Labute approximate surface area is 190 Å². The number of anilines is 1. The molecule has 1 aromatic carbocycles. The Balaban J connectivity index is 1.97. The van der Waals surface area contributed by atoms with Crippen LogP contribution < -0.4 is 10.5 Å². The molecule has 0 fully saturated rings. The Morgan fingerprint density at radius 3 is 2.84 bits per heavy atom. The number of likely N-dealkylation sites (N-methyl/N-ethyl adjacent to an activating group) is 1. The number of rotatable bonds is 7. The fourth-order valence-electron chi connectivity index (χ4n) is 3.26. The zero-order valence-electron chi connectivity index (χ0n) is 17.6. The number of carbonyl (C=O) groups excluding carboxylic acids is 1. The summed E-state index contributed by atoms with van der Waals surface area (Å²) in [6.07, 6.45) is 1.27. The van der Waals surface area contributed by atoms with Crippen LogP contribution in [0.15, 0.2) is 17.2 Å². The van der Waals surface area contributed by atoms with Gasteiger partial charge in [0, 0.05) is 23.8 Å². The normalized spacial score (nSPS) is 12.9. The molecule has 0 aliphatic carbocycles. The van der Waals surface area contributed by atoms with Gasteiger partial charge in [-0.15, -0.1) is 0 Å². The van der Waals surface area contributed by atoms with Crippen molar-refractivity contribution in [3.8, 4) is 17.0 Å². The summed E-state index contributed by atoms with van der Waals surface area (Å²) in [6, 6.07) is 3.29. The van der Waals surface area contributed by atoms with Crippen molar-refractivity contribution in [1.82, 2.24) is 19.9 Å². The van der Waals surface area contributed by atoms with Gasteiger partial charge in [-0.05, 0) is 26.0 Å². The zero-order chi connectivity index (χ0) is 22.5. The fraction of sp³-hybridized carbons (Fsp3) is 0.400. The standard InChI is InChI=1S/C20H24Cl2N6O3/c1-4-24-27(3)6-7-31-16-9-12(21)8-14(22)17(16)18-13-10-28(20(29)30-5-2)11-15(13)25-19(23)26-18/h4,8-9H,5-7,10-11H2,1-3H3,(H2,23,25,26)/b24-4-. The quantitative estimate of drug-likeness (QED) is 0.487. The Morgan fingerprint density at radius 1 is 1.35 bits per heavy atom. The lowest BCUT2D eigenvalue weighted by atomic mass is 10.0. The molecule has 0 saturated heterocycles. The van der Waals surface area contributed by atoms with Crippen LogP contribution in [0.3, 0.4) is 0 Å². The van der Waals surface area contributed by atoms with E-state index in [-0.39, 0.29) is 25.6 Å². The largest absolute Gasteiger partial charge is 0.491 e. The van der Waals surface area contributed by atoms with Gasteiger partial charge in [0.1, 0.15) is 12.4 Å². The molecule has 0 bridgehead atoms. The molecule has 11 heteroatoms. The second-order valence-electron chi connectivity index (χ2n) is 6.77. The van der Waals surface area contributed by atoms with Crippen LogP contribution >= 0.6 is 23.2 Å². The molecule has 1 aliphatic rings. The summed E-state index contributed by atoms with van der Waals surface area (Å²) >= 11 is 12.8. The molecule has 166 valence electrons. The second-order valence-corrected chi connectivity index (χ2v) is 7.62. The topological polar surface area (TPSA) is 106 Å². The van der Waals surface area contributed by atoms with Crippen molar-refractivity contribution in [2.45, 2.75) is 26.9 Å². The van der Waals surface area contributed by atoms with Crippen molar-refractivity contribution in [2.75, 3.05) is 32.5 Å². The van der Waals surface area contributed by atoms with E-state index in [9.17, 15) is 4.79 Å². The van der Waals surface area contributed by atoms with Crippen molar-refractivity contribution >= 4 is 41.5 Å². The fourth-order valence-corrected chi connectivity index (χ4v) is 3.83. The van der Waals surface area contributed by atoms with Crippen molar-refractivity contribution in [1.29, 1.82) is 0 Å². The first-order valence-electron chi connectivity index (χ1n) is 9.72. The summed E-state index contributed by atoms with van der Waals surface area (Å²) in [5, 5.41) is 6.70. The lowest BCUT2D eigenvalue weighted by Gasteiger charge is -2.18. The average Bonchev–Trinajstić information content (AvgIpc) is 3.12. The van der Waals surface area contributed by atoms with Gasteiger partial charge in [0.15, 0.2) is 0 Å². The van der Waals surface area contributed by atoms with E-state index in [1.165, 1.54) is 4.90 Å².